The van der Waals surface area contributed by atoms with E-state index in [1.165, 1.54) is 25.1 Å². The van der Waals surface area contributed by atoms with Crippen LogP contribution >= 0.6 is 0 Å². The van der Waals surface area contributed by atoms with Crippen LogP contribution in [0.5, 0.6) is 5.75 Å². The van der Waals surface area contributed by atoms with E-state index in [9.17, 15) is 18.0 Å². The van der Waals surface area contributed by atoms with Gasteiger partial charge in [-0.1, -0.05) is 12.1 Å². The van der Waals surface area contributed by atoms with Gasteiger partial charge in [0.05, 0.1) is 5.56 Å². The zero-order valence-corrected chi connectivity index (χ0v) is 12.1. The molecule has 0 aliphatic rings. The Balaban J connectivity index is 2.85. The van der Waals surface area contributed by atoms with E-state index in [1.54, 1.807) is 13.8 Å². The summed E-state index contributed by atoms with van der Waals surface area (Å²) in [7, 11) is 0. The van der Waals surface area contributed by atoms with Gasteiger partial charge in [0, 0.05) is 12.1 Å². The Kier molecular flexibility index (Phi) is 5.22. The van der Waals surface area contributed by atoms with Crippen molar-refractivity contribution in [3.63, 3.8) is 0 Å². The Bertz CT molecular complexity index is 501. The van der Waals surface area contributed by atoms with Crippen molar-refractivity contribution in [3.8, 4) is 5.75 Å². The van der Waals surface area contributed by atoms with Crippen molar-refractivity contribution in [2.45, 2.75) is 38.6 Å². The fourth-order valence-electron chi connectivity index (χ4n) is 1.53. The molecule has 1 atom stereocenters. The van der Waals surface area contributed by atoms with Crippen LogP contribution in [0.4, 0.5) is 13.2 Å². The number of halogens is 3. The van der Waals surface area contributed by atoms with E-state index >= 15 is 0 Å². The van der Waals surface area contributed by atoms with E-state index in [2.05, 4.69) is 5.32 Å². The van der Waals surface area contributed by atoms with Crippen LogP contribution in [0.15, 0.2) is 24.3 Å². The number of nitrogens with two attached hydrogens (primary N) is 1. The lowest BCUT2D eigenvalue weighted by Crippen LogP contribution is -2.52. The molecule has 1 aromatic rings. The summed E-state index contributed by atoms with van der Waals surface area (Å²) in [5.74, 6) is -0.902. The summed E-state index contributed by atoms with van der Waals surface area (Å²) in [5, 5.41) is 2.61. The van der Waals surface area contributed by atoms with E-state index in [1.807, 2.05) is 0 Å². The topological polar surface area (TPSA) is 64.3 Å². The summed E-state index contributed by atoms with van der Waals surface area (Å²) >= 11 is 0. The normalized spacial score (nSPS) is 13.7. The molecule has 1 aromatic carbocycles. The molecule has 21 heavy (non-hydrogen) atoms. The molecule has 0 saturated heterocycles. The minimum Gasteiger partial charge on any atom is -0.480 e. The molecule has 4 nitrogen and oxygen atoms in total. The van der Waals surface area contributed by atoms with Crippen LogP contribution in [-0.4, -0.2) is 24.1 Å². The second-order valence-corrected chi connectivity index (χ2v) is 5.33. The average Bonchev–Trinajstić information content (AvgIpc) is 2.37. The van der Waals surface area contributed by atoms with Gasteiger partial charge in [0.25, 0.3) is 5.91 Å². The monoisotopic (exact) mass is 304 g/mol. The molecule has 0 fully saturated rings. The van der Waals surface area contributed by atoms with Crippen LogP contribution in [0.2, 0.25) is 0 Å². The molecule has 0 spiro atoms. The Morgan fingerprint density at radius 2 is 1.90 bits per heavy atom. The van der Waals surface area contributed by atoms with Crippen molar-refractivity contribution in [1.82, 2.24) is 5.32 Å². The summed E-state index contributed by atoms with van der Waals surface area (Å²) in [6.07, 6.45) is -5.61. The molecule has 1 rings (SSSR count). The fraction of sp³-hybridized carbons (Fsp3) is 0.500. The highest BCUT2D eigenvalue weighted by molar-refractivity contribution is 5.81. The van der Waals surface area contributed by atoms with Gasteiger partial charge in [-0.15, -0.1) is 0 Å². The lowest BCUT2D eigenvalue weighted by molar-refractivity contribution is -0.141. The number of benzene rings is 1. The third-order valence-corrected chi connectivity index (χ3v) is 2.84. The molecule has 0 aliphatic carbocycles. The number of para-hydroxylation sites is 1. The maximum atomic E-state index is 12.8. The molecule has 3 N–H and O–H groups in total. The van der Waals surface area contributed by atoms with Crippen LogP contribution < -0.4 is 15.8 Å². The second kappa shape index (κ2) is 6.34. The van der Waals surface area contributed by atoms with Crippen molar-refractivity contribution in [1.29, 1.82) is 0 Å². The van der Waals surface area contributed by atoms with Crippen molar-refractivity contribution >= 4 is 5.91 Å². The Hall–Kier alpha value is -1.76. The molecule has 0 bridgehead atoms. The van der Waals surface area contributed by atoms with Gasteiger partial charge >= 0.3 is 6.18 Å². The molecule has 0 aliphatic heterocycles. The van der Waals surface area contributed by atoms with Crippen LogP contribution in [-0.2, 0) is 11.0 Å². The zero-order valence-electron chi connectivity index (χ0n) is 12.1. The standard InChI is InChI=1S/C14H19F3N2O2/c1-9(12(20)19-13(2,3)8-18)21-11-7-5-4-6-10(11)14(15,16)17/h4-7,9H,8,18H2,1-3H3,(H,19,20). The molecule has 0 aromatic heterocycles. The molecule has 0 heterocycles. The highest BCUT2D eigenvalue weighted by Gasteiger charge is 2.35. The van der Waals surface area contributed by atoms with Crippen LogP contribution in [0, 0.1) is 0 Å². The van der Waals surface area contributed by atoms with Crippen molar-refractivity contribution in [2.24, 2.45) is 5.73 Å². The number of carbonyl (C=O) groups excluding carboxylic acids is 1. The predicted octanol–water partition coefficient (Wildman–Crippen LogP) is 2.33. The summed E-state index contributed by atoms with van der Waals surface area (Å²) in [6.45, 7) is 5.00. The number of ether oxygens (including phenoxy) is 1. The van der Waals surface area contributed by atoms with E-state index in [0.717, 1.165) is 6.07 Å². The predicted molar refractivity (Wildman–Crippen MR) is 72.8 cm³/mol. The molecule has 0 saturated carbocycles. The van der Waals surface area contributed by atoms with Gasteiger partial charge < -0.3 is 15.8 Å². The molecule has 7 heteroatoms. The SMILES string of the molecule is CC(Oc1ccccc1C(F)(F)F)C(=O)NC(C)(C)CN. The third-order valence-electron chi connectivity index (χ3n) is 2.84. The minimum absolute atomic E-state index is 0.199. The minimum atomic E-state index is -4.54. The van der Waals surface area contributed by atoms with Gasteiger partial charge in [-0.2, -0.15) is 13.2 Å². The first kappa shape index (κ1) is 17.3. The molecule has 1 amide bonds. The highest BCUT2D eigenvalue weighted by Crippen LogP contribution is 2.36. The summed E-state index contributed by atoms with van der Waals surface area (Å²) in [6, 6.07) is 4.77. The number of rotatable bonds is 5. The maximum absolute atomic E-state index is 12.8. The molecule has 1 unspecified atom stereocenters. The highest BCUT2D eigenvalue weighted by atomic mass is 19.4. The first-order valence-electron chi connectivity index (χ1n) is 6.42. The van der Waals surface area contributed by atoms with Gasteiger partial charge in [0.15, 0.2) is 6.10 Å². The van der Waals surface area contributed by atoms with Crippen LogP contribution in [0.3, 0.4) is 0 Å². The number of alkyl halides is 3. The Morgan fingerprint density at radius 1 is 1.33 bits per heavy atom. The Morgan fingerprint density at radius 3 is 2.43 bits per heavy atom. The van der Waals surface area contributed by atoms with E-state index in [0.29, 0.717) is 0 Å². The third kappa shape index (κ3) is 4.93. The number of hydrogen-bond acceptors (Lipinski definition) is 3. The van der Waals surface area contributed by atoms with Crippen molar-refractivity contribution in [3.05, 3.63) is 29.8 Å². The number of amides is 1. The molecular weight excluding hydrogens is 285 g/mol. The largest absolute Gasteiger partial charge is 0.480 e. The number of carbonyl (C=O) groups is 1. The fourth-order valence-corrected chi connectivity index (χ4v) is 1.53. The van der Waals surface area contributed by atoms with Crippen molar-refractivity contribution < 1.29 is 22.7 Å². The molecular formula is C14H19F3N2O2. The number of hydrogen-bond donors (Lipinski definition) is 2. The lowest BCUT2D eigenvalue weighted by atomic mass is 10.1. The van der Waals surface area contributed by atoms with Gasteiger partial charge in [0.2, 0.25) is 0 Å². The van der Waals surface area contributed by atoms with Gasteiger partial charge in [-0.25, -0.2) is 0 Å². The first-order chi connectivity index (χ1) is 9.57. The summed E-state index contributed by atoms with van der Waals surface area (Å²) in [5.41, 5.74) is 3.92. The van der Waals surface area contributed by atoms with Crippen LogP contribution in [0.25, 0.3) is 0 Å². The van der Waals surface area contributed by atoms with Gasteiger partial charge in [-0.3, -0.25) is 4.79 Å². The Labute approximate surface area is 121 Å². The van der Waals surface area contributed by atoms with Gasteiger partial charge in [0.1, 0.15) is 5.75 Å². The van der Waals surface area contributed by atoms with E-state index in [-0.39, 0.29) is 12.3 Å². The van der Waals surface area contributed by atoms with E-state index < -0.39 is 29.3 Å². The number of nitrogens with one attached hydrogen (secondary N) is 1. The van der Waals surface area contributed by atoms with E-state index in [4.69, 9.17) is 10.5 Å². The van der Waals surface area contributed by atoms with Crippen LogP contribution in [0.1, 0.15) is 26.3 Å². The zero-order chi connectivity index (χ0) is 16.3. The summed E-state index contributed by atoms with van der Waals surface area (Å²) < 4.78 is 43.6. The smallest absolute Gasteiger partial charge is 0.419 e. The quantitative estimate of drug-likeness (QED) is 0.877. The summed E-state index contributed by atoms with van der Waals surface area (Å²) in [4.78, 5) is 11.9. The lowest BCUT2D eigenvalue weighted by Gasteiger charge is -2.26. The average molecular weight is 304 g/mol. The van der Waals surface area contributed by atoms with Gasteiger partial charge in [-0.05, 0) is 32.9 Å². The molecule has 118 valence electrons. The van der Waals surface area contributed by atoms with Crippen molar-refractivity contribution in [2.75, 3.05) is 6.54 Å². The maximum Gasteiger partial charge on any atom is 0.419 e. The molecule has 0 radical (unpaired) electrons. The second-order valence-electron chi connectivity index (χ2n) is 5.33. The first-order valence-corrected chi connectivity index (χ1v) is 6.42.